The third-order valence-corrected chi connectivity index (χ3v) is 3.73. The van der Waals surface area contributed by atoms with E-state index in [1.807, 2.05) is 12.1 Å². The average Bonchev–Trinajstić information content (AvgIpc) is 2.69. The lowest BCUT2D eigenvalue weighted by Gasteiger charge is -2.08. The third-order valence-electron chi connectivity index (χ3n) is 3.73. The summed E-state index contributed by atoms with van der Waals surface area (Å²) < 4.78 is 13.6. The van der Waals surface area contributed by atoms with E-state index in [-0.39, 0.29) is 17.4 Å². The van der Waals surface area contributed by atoms with Crippen molar-refractivity contribution in [1.82, 2.24) is 20.3 Å². The molecule has 3 rings (SSSR count). The molecule has 132 valence electrons. The normalized spacial score (nSPS) is 10.3. The Morgan fingerprint density at radius 2 is 1.85 bits per heavy atom. The summed E-state index contributed by atoms with van der Waals surface area (Å²) in [6.45, 7) is 0.852. The van der Waals surface area contributed by atoms with E-state index in [1.165, 1.54) is 12.3 Å². The Kier molecular flexibility index (Phi) is 5.82. The second-order valence-corrected chi connectivity index (χ2v) is 5.57. The second kappa shape index (κ2) is 8.66. The lowest BCUT2D eigenvalue weighted by Crippen LogP contribution is -2.24. The van der Waals surface area contributed by atoms with Crippen molar-refractivity contribution in [1.29, 1.82) is 0 Å². The minimum absolute atomic E-state index is 0.237. The van der Waals surface area contributed by atoms with E-state index in [4.69, 9.17) is 0 Å². The summed E-state index contributed by atoms with van der Waals surface area (Å²) in [5, 5.41) is 5.81. The number of nitrogens with zero attached hydrogens (tertiary/aromatic N) is 3. The van der Waals surface area contributed by atoms with Gasteiger partial charge in [0.05, 0.1) is 0 Å². The number of pyridine rings is 1. The molecule has 0 aliphatic carbocycles. The van der Waals surface area contributed by atoms with E-state index in [0.717, 1.165) is 5.56 Å². The summed E-state index contributed by atoms with van der Waals surface area (Å²) in [5.41, 5.74) is 1.83. The van der Waals surface area contributed by atoms with Gasteiger partial charge in [-0.15, -0.1) is 0 Å². The smallest absolute Gasteiger partial charge is 0.270 e. The number of hydrogen-bond donors (Lipinski definition) is 2. The quantitative estimate of drug-likeness (QED) is 0.684. The number of carbonyl (C=O) groups is 1. The molecule has 1 aromatic carbocycles. The van der Waals surface area contributed by atoms with Crippen LogP contribution in [0.2, 0.25) is 0 Å². The van der Waals surface area contributed by atoms with Crippen molar-refractivity contribution in [3.8, 4) is 0 Å². The molecule has 0 aliphatic heterocycles. The van der Waals surface area contributed by atoms with Crippen LogP contribution in [0, 0.1) is 5.82 Å². The van der Waals surface area contributed by atoms with Crippen molar-refractivity contribution >= 4 is 11.9 Å². The Morgan fingerprint density at radius 1 is 1.04 bits per heavy atom. The third kappa shape index (κ3) is 4.83. The number of rotatable bonds is 7. The molecule has 6 nitrogen and oxygen atoms in total. The van der Waals surface area contributed by atoms with Crippen LogP contribution in [-0.2, 0) is 13.0 Å². The van der Waals surface area contributed by atoms with E-state index in [1.54, 1.807) is 36.7 Å². The molecule has 0 atom stereocenters. The minimum atomic E-state index is -0.290. The molecule has 2 heterocycles. The molecule has 2 aromatic heterocycles. The zero-order valence-corrected chi connectivity index (χ0v) is 14.0. The van der Waals surface area contributed by atoms with Gasteiger partial charge in [0, 0.05) is 31.7 Å². The van der Waals surface area contributed by atoms with E-state index < -0.39 is 0 Å². The van der Waals surface area contributed by atoms with E-state index in [2.05, 4.69) is 25.6 Å². The predicted molar refractivity (Wildman–Crippen MR) is 96.0 cm³/mol. The van der Waals surface area contributed by atoms with Gasteiger partial charge < -0.3 is 10.6 Å². The number of hydrogen-bond acceptors (Lipinski definition) is 5. The second-order valence-electron chi connectivity index (χ2n) is 5.57. The highest BCUT2D eigenvalue weighted by atomic mass is 19.1. The van der Waals surface area contributed by atoms with Crippen LogP contribution in [0.4, 0.5) is 10.3 Å². The van der Waals surface area contributed by atoms with Gasteiger partial charge in [0.1, 0.15) is 11.5 Å². The highest BCUT2D eigenvalue weighted by molar-refractivity contribution is 5.92. The maximum atomic E-state index is 13.6. The van der Waals surface area contributed by atoms with Gasteiger partial charge in [-0.3, -0.25) is 9.78 Å². The first-order valence-electron chi connectivity index (χ1n) is 8.20. The van der Waals surface area contributed by atoms with Crippen LogP contribution in [0.15, 0.2) is 61.1 Å². The SMILES string of the molecule is O=C(NCc1ccncc1)c1ccnc(NCCc2ccccc2F)n1. The summed E-state index contributed by atoms with van der Waals surface area (Å²) in [4.78, 5) is 24.4. The number of benzene rings is 1. The Hall–Kier alpha value is -3.35. The number of halogens is 1. The van der Waals surface area contributed by atoms with E-state index >= 15 is 0 Å². The van der Waals surface area contributed by atoms with Gasteiger partial charge in [0.25, 0.3) is 5.91 Å². The predicted octanol–water partition coefficient (Wildman–Crippen LogP) is 2.60. The molecule has 0 unspecified atom stereocenters. The first-order valence-corrected chi connectivity index (χ1v) is 8.20. The maximum absolute atomic E-state index is 13.6. The molecule has 3 aromatic rings. The summed E-state index contributed by atoms with van der Waals surface area (Å²) in [7, 11) is 0. The fraction of sp³-hybridized carbons (Fsp3) is 0.158. The monoisotopic (exact) mass is 351 g/mol. The van der Waals surface area contributed by atoms with E-state index in [0.29, 0.717) is 31.0 Å². The maximum Gasteiger partial charge on any atom is 0.270 e. The van der Waals surface area contributed by atoms with Crippen LogP contribution in [0.5, 0.6) is 0 Å². The highest BCUT2D eigenvalue weighted by Crippen LogP contribution is 2.08. The van der Waals surface area contributed by atoms with Gasteiger partial charge in [-0.2, -0.15) is 0 Å². The van der Waals surface area contributed by atoms with Crippen LogP contribution in [0.1, 0.15) is 21.6 Å². The standard InChI is InChI=1S/C19H18FN5O/c20-16-4-2-1-3-15(16)7-11-22-19-23-12-8-17(25-19)18(26)24-13-14-5-9-21-10-6-14/h1-6,8-10,12H,7,11,13H2,(H,24,26)(H,22,23,25). The molecular formula is C19H18FN5O. The molecule has 2 N–H and O–H groups in total. The topological polar surface area (TPSA) is 79.8 Å². The highest BCUT2D eigenvalue weighted by Gasteiger charge is 2.09. The fourth-order valence-corrected chi connectivity index (χ4v) is 2.35. The molecular weight excluding hydrogens is 333 g/mol. The van der Waals surface area contributed by atoms with E-state index in [9.17, 15) is 9.18 Å². The van der Waals surface area contributed by atoms with Crippen molar-refractivity contribution in [2.45, 2.75) is 13.0 Å². The van der Waals surface area contributed by atoms with Crippen LogP contribution < -0.4 is 10.6 Å². The molecule has 0 saturated carbocycles. The molecule has 0 fully saturated rings. The minimum Gasteiger partial charge on any atom is -0.354 e. The van der Waals surface area contributed by atoms with Crippen molar-refractivity contribution in [2.75, 3.05) is 11.9 Å². The molecule has 0 saturated heterocycles. The Morgan fingerprint density at radius 3 is 2.65 bits per heavy atom. The molecule has 0 radical (unpaired) electrons. The Bertz CT molecular complexity index is 873. The number of carbonyl (C=O) groups excluding carboxylic acids is 1. The summed E-state index contributed by atoms with van der Waals surface area (Å²) >= 11 is 0. The van der Waals surface area contributed by atoms with Crippen LogP contribution in [0.25, 0.3) is 0 Å². The van der Waals surface area contributed by atoms with Crippen molar-refractivity contribution in [3.05, 3.63) is 83.7 Å². The lowest BCUT2D eigenvalue weighted by atomic mass is 10.1. The zero-order chi connectivity index (χ0) is 18.2. The summed E-state index contributed by atoms with van der Waals surface area (Å²) in [6.07, 6.45) is 5.35. The molecule has 0 bridgehead atoms. The van der Waals surface area contributed by atoms with Crippen molar-refractivity contribution in [3.63, 3.8) is 0 Å². The first kappa shape index (κ1) is 17.5. The zero-order valence-electron chi connectivity index (χ0n) is 14.0. The Labute approximate surface area is 150 Å². The molecule has 7 heteroatoms. The fourth-order valence-electron chi connectivity index (χ4n) is 2.35. The first-order chi connectivity index (χ1) is 12.7. The number of amides is 1. The molecule has 0 spiro atoms. The lowest BCUT2D eigenvalue weighted by molar-refractivity contribution is 0.0946. The molecule has 26 heavy (non-hydrogen) atoms. The molecule has 0 aliphatic rings. The van der Waals surface area contributed by atoms with Crippen molar-refractivity contribution < 1.29 is 9.18 Å². The Balaban J connectivity index is 1.54. The van der Waals surface area contributed by atoms with Gasteiger partial charge in [0.2, 0.25) is 5.95 Å². The van der Waals surface area contributed by atoms with Crippen LogP contribution in [-0.4, -0.2) is 27.4 Å². The largest absolute Gasteiger partial charge is 0.354 e. The van der Waals surface area contributed by atoms with Gasteiger partial charge in [-0.25, -0.2) is 14.4 Å². The van der Waals surface area contributed by atoms with Gasteiger partial charge >= 0.3 is 0 Å². The number of aromatic nitrogens is 3. The summed E-state index contributed by atoms with van der Waals surface area (Å²) in [5.74, 6) is -0.196. The van der Waals surface area contributed by atoms with Crippen LogP contribution in [0.3, 0.4) is 0 Å². The van der Waals surface area contributed by atoms with Gasteiger partial charge in [0.15, 0.2) is 0 Å². The van der Waals surface area contributed by atoms with Gasteiger partial charge in [-0.05, 0) is 41.8 Å². The number of anilines is 1. The van der Waals surface area contributed by atoms with Crippen molar-refractivity contribution in [2.24, 2.45) is 0 Å². The molecule has 1 amide bonds. The number of nitrogens with one attached hydrogen (secondary N) is 2. The average molecular weight is 351 g/mol. The van der Waals surface area contributed by atoms with Gasteiger partial charge in [-0.1, -0.05) is 18.2 Å². The van der Waals surface area contributed by atoms with Crippen LogP contribution >= 0.6 is 0 Å². The summed E-state index contributed by atoms with van der Waals surface area (Å²) in [6, 6.07) is 11.8.